The molecule has 0 radical (unpaired) electrons. The van der Waals surface area contributed by atoms with Crippen LogP contribution >= 0.6 is 0 Å². The van der Waals surface area contributed by atoms with E-state index >= 15 is 0 Å². The fraction of sp³-hybridized carbons (Fsp3) is 0.571. The first-order chi connectivity index (χ1) is 9.94. The van der Waals surface area contributed by atoms with Crippen LogP contribution < -0.4 is 9.46 Å². The minimum absolute atomic E-state index is 0.212. The van der Waals surface area contributed by atoms with E-state index in [2.05, 4.69) is 4.72 Å². The van der Waals surface area contributed by atoms with Gasteiger partial charge in [-0.25, -0.2) is 0 Å². The zero-order valence-electron chi connectivity index (χ0n) is 12.8. The average molecular weight is 316 g/mol. The number of hydrogen-bond donors (Lipinski definition) is 2. The number of ether oxygens (including phenoxy) is 1. The highest BCUT2D eigenvalue weighted by molar-refractivity contribution is 7.90. The summed E-state index contributed by atoms with van der Waals surface area (Å²) in [5.41, 5.74) is 0.958. The van der Waals surface area contributed by atoms with Gasteiger partial charge in [0.1, 0.15) is 5.75 Å². The van der Waals surface area contributed by atoms with Crippen LogP contribution in [-0.4, -0.2) is 38.0 Å². The van der Waals surface area contributed by atoms with Crippen LogP contribution in [0.5, 0.6) is 5.75 Å². The molecule has 0 unspecified atom stereocenters. The molecule has 0 bridgehead atoms. The first-order valence-corrected chi connectivity index (χ1v) is 8.49. The van der Waals surface area contributed by atoms with Crippen molar-refractivity contribution >= 4 is 15.9 Å². The van der Waals surface area contributed by atoms with E-state index < -0.39 is 10.2 Å². The van der Waals surface area contributed by atoms with Crippen LogP contribution in [0.4, 0.5) is 5.69 Å². The van der Waals surface area contributed by atoms with Crippen molar-refractivity contribution in [2.24, 2.45) is 0 Å². The number of benzene rings is 1. The third-order valence-electron chi connectivity index (χ3n) is 3.01. The Morgan fingerprint density at radius 2 is 2.05 bits per heavy atom. The van der Waals surface area contributed by atoms with E-state index in [0.29, 0.717) is 30.2 Å². The second-order valence-electron chi connectivity index (χ2n) is 4.70. The van der Waals surface area contributed by atoms with Gasteiger partial charge in [-0.1, -0.05) is 13.3 Å². The normalized spacial score (nSPS) is 11.7. The standard InChI is InChI=1S/C14H24N2O4S/c1-4-6-9-16(3)21(18,19)15-13-7-8-14(20-5-2)12(10-13)11-17/h7-8,10,15,17H,4-6,9,11H2,1-3H3. The van der Waals surface area contributed by atoms with E-state index in [1.807, 2.05) is 13.8 Å². The number of anilines is 1. The maximum Gasteiger partial charge on any atom is 0.301 e. The number of nitrogens with one attached hydrogen (secondary N) is 1. The summed E-state index contributed by atoms with van der Waals surface area (Å²) in [7, 11) is -2.03. The highest BCUT2D eigenvalue weighted by Gasteiger charge is 2.17. The quantitative estimate of drug-likeness (QED) is 0.730. The summed E-state index contributed by atoms with van der Waals surface area (Å²) >= 11 is 0. The maximum absolute atomic E-state index is 12.1. The molecule has 0 fully saturated rings. The second kappa shape index (κ2) is 8.21. The van der Waals surface area contributed by atoms with Gasteiger partial charge in [-0.2, -0.15) is 12.7 Å². The summed E-state index contributed by atoms with van der Waals surface area (Å²) in [6, 6.07) is 4.85. The molecule has 0 aliphatic heterocycles. The van der Waals surface area contributed by atoms with Gasteiger partial charge in [0, 0.05) is 19.2 Å². The van der Waals surface area contributed by atoms with Crippen molar-refractivity contribution < 1.29 is 18.3 Å². The van der Waals surface area contributed by atoms with Crippen molar-refractivity contribution in [2.45, 2.75) is 33.3 Å². The lowest BCUT2D eigenvalue weighted by atomic mass is 10.2. The van der Waals surface area contributed by atoms with Gasteiger partial charge in [-0.05, 0) is 31.5 Å². The number of aliphatic hydroxyl groups is 1. The Bertz CT molecular complexity index is 546. The van der Waals surface area contributed by atoms with Crippen LogP contribution in [-0.2, 0) is 16.8 Å². The molecular weight excluding hydrogens is 292 g/mol. The predicted molar refractivity (Wildman–Crippen MR) is 83.6 cm³/mol. The number of rotatable bonds is 9. The Kier molecular flexibility index (Phi) is 6.94. The summed E-state index contributed by atoms with van der Waals surface area (Å²) in [6.45, 7) is 4.60. The van der Waals surface area contributed by atoms with E-state index in [4.69, 9.17) is 4.74 Å². The van der Waals surface area contributed by atoms with Crippen molar-refractivity contribution in [1.82, 2.24) is 4.31 Å². The lowest BCUT2D eigenvalue weighted by Crippen LogP contribution is -2.33. The molecule has 1 aromatic rings. The molecule has 2 N–H and O–H groups in total. The van der Waals surface area contributed by atoms with E-state index in [0.717, 1.165) is 12.8 Å². The molecule has 1 aromatic carbocycles. The number of aliphatic hydroxyl groups excluding tert-OH is 1. The van der Waals surface area contributed by atoms with Crippen LogP contribution in [0.15, 0.2) is 18.2 Å². The molecule has 0 amide bonds. The maximum atomic E-state index is 12.1. The summed E-state index contributed by atoms with van der Waals surface area (Å²) in [5.74, 6) is 0.558. The van der Waals surface area contributed by atoms with Crippen LogP contribution in [0.25, 0.3) is 0 Å². The minimum Gasteiger partial charge on any atom is -0.494 e. The fourth-order valence-electron chi connectivity index (χ4n) is 1.79. The molecule has 7 heteroatoms. The van der Waals surface area contributed by atoms with Gasteiger partial charge in [0.25, 0.3) is 0 Å². The third kappa shape index (κ3) is 5.18. The highest BCUT2D eigenvalue weighted by Crippen LogP contribution is 2.24. The van der Waals surface area contributed by atoms with Crippen molar-refractivity contribution in [3.63, 3.8) is 0 Å². The smallest absolute Gasteiger partial charge is 0.301 e. The molecule has 120 valence electrons. The molecule has 1 rings (SSSR count). The lowest BCUT2D eigenvalue weighted by molar-refractivity contribution is 0.267. The van der Waals surface area contributed by atoms with Gasteiger partial charge in [0.15, 0.2) is 0 Å². The lowest BCUT2D eigenvalue weighted by Gasteiger charge is -2.18. The van der Waals surface area contributed by atoms with Crippen LogP contribution in [0.2, 0.25) is 0 Å². The number of unbranched alkanes of at least 4 members (excludes halogenated alkanes) is 1. The monoisotopic (exact) mass is 316 g/mol. The summed E-state index contributed by atoms with van der Waals surface area (Å²) in [6.07, 6.45) is 1.74. The van der Waals surface area contributed by atoms with E-state index in [9.17, 15) is 13.5 Å². The molecule has 0 heterocycles. The van der Waals surface area contributed by atoms with Crippen molar-refractivity contribution in [3.05, 3.63) is 23.8 Å². The van der Waals surface area contributed by atoms with Gasteiger partial charge in [-0.3, -0.25) is 4.72 Å². The first kappa shape index (κ1) is 17.7. The van der Waals surface area contributed by atoms with Gasteiger partial charge in [0.05, 0.1) is 18.9 Å². The Morgan fingerprint density at radius 1 is 1.33 bits per heavy atom. The van der Waals surface area contributed by atoms with Crippen LogP contribution in [0.1, 0.15) is 32.3 Å². The minimum atomic E-state index is -3.57. The molecule has 21 heavy (non-hydrogen) atoms. The summed E-state index contributed by atoms with van der Waals surface area (Å²) in [5, 5.41) is 9.33. The molecule has 0 aliphatic carbocycles. The highest BCUT2D eigenvalue weighted by atomic mass is 32.2. The van der Waals surface area contributed by atoms with Crippen LogP contribution in [0, 0.1) is 0 Å². The zero-order valence-corrected chi connectivity index (χ0v) is 13.6. The molecule has 0 spiro atoms. The Morgan fingerprint density at radius 3 is 2.62 bits per heavy atom. The zero-order chi connectivity index (χ0) is 15.9. The molecule has 0 atom stereocenters. The van der Waals surface area contributed by atoms with E-state index in [-0.39, 0.29) is 6.61 Å². The Hall–Kier alpha value is -1.31. The second-order valence-corrected chi connectivity index (χ2v) is 6.47. The molecule has 0 aromatic heterocycles. The van der Waals surface area contributed by atoms with Gasteiger partial charge in [0.2, 0.25) is 0 Å². The van der Waals surface area contributed by atoms with Crippen molar-refractivity contribution in [3.8, 4) is 5.75 Å². The van der Waals surface area contributed by atoms with Gasteiger partial charge in [-0.15, -0.1) is 0 Å². The SMILES string of the molecule is CCCCN(C)S(=O)(=O)Nc1ccc(OCC)c(CO)c1. The summed E-state index contributed by atoms with van der Waals surface area (Å²) in [4.78, 5) is 0. The third-order valence-corrected chi connectivity index (χ3v) is 4.51. The summed E-state index contributed by atoms with van der Waals surface area (Å²) < 4.78 is 33.4. The first-order valence-electron chi connectivity index (χ1n) is 7.05. The van der Waals surface area contributed by atoms with Crippen molar-refractivity contribution in [1.29, 1.82) is 0 Å². The Labute approximate surface area is 126 Å². The number of hydrogen-bond acceptors (Lipinski definition) is 4. The topological polar surface area (TPSA) is 78.9 Å². The number of nitrogens with zero attached hydrogens (tertiary/aromatic N) is 1. The predicted octanol–water partition coefficient (Wildman–Crippen LogP) is 1.97. The molecular formula is C14H24N2O4S. The van der Waals surface area contributed by atoms with E-state index in [1.54, 1.807) is 25.2 Å². The average Bonchev–Trinajstić information content (AvgIpc) is 2.46. The fourth-order valence-corrected chi connectivity index (χ4v) is 2.74. The molecule has 0 saturated carbocycles. The molecule has 6 nitrogen and oxygen atoms in total. The van der Waals surface area contributed by atoms with Gasteiger partial charge < -0.3 is 9.84 Å². The Balaban J connectivity index is 2.87. The largest absolute Gasteiger partial charge is 0.494 e. The van der Waals surface area contributed by atoms with Crippen molar-refractivity contribution in [2.75, 3.05) is 24.9 Å². The molecule has 0 saturated heterocycles. The molecule has 0 aliphatic rings. The van der Waals surface area contributed by atoms with E-state index in [1.165, 1.54) is 4.31 Å². The van der Waals surface area contributed by atoms with Crippen LogP contribution in [0.3, 0.4) is 0 Å². The van der Waals surface area contributed by atoms with Gasteiger partial charge >= 0.3 is 10.2 Å².